The maximum atomic E-state index is 0. The summed E-state index contributed by atoms with van der Waals surface area (Å²) >= 11 is 0. The van der Waals surface area contributed by atoms with Crippen LogP contribution in [0.15, 0.2) is 0 Å². The minimum absolute atomic E-state index is 0. The second kappa shape index (κ2) is 17.3. The molecule has 4 heteroatoms. The molecular formula is H4BrI3. The molecule has 0 aromatic heterocycles. The lowest BCUT2D eigenvalue weighted by Gasteiger charge is -0.114. The van der Waals surface area contributed by atoms with Crippen molar-refractivity contribution in [2.45, 2.75) is 0 Å². The zero-order chi connectivity index (χ0) is 0. The van der Waals surface area contributed by atoms with E-state index in [4.69, 9.17) is 0 Å². The molecule has 0 amide bonds. The molecule has 0 nitrogen and oxygen atoms in total. The largest absolute Gasteiger partial charge is 0.114 e. The quantitative estimate of drug-likeness (QED) is 0.483. The van der Waals surface area contributed by atoms with Crippen molar-refractivity contribution < 1.29 is 0 Å². The first-order chi connectivity index (χ1) is 0. The van der Waals surface area contributed by atoms with Gasteiger partial charge < -0.3 is 0 Å². The summed E-state index contributed by atoms with van der Waals surface area (Å²) in [6, 6.07) is 0. The summed E-state index contributed by atoms with van der Waals surface area (Å²) in [7, 11) is 0. The molecule has 0 spiro atoms. The highest BCUT2D eigenvalue weighted by molar-refractivity contribution is 14.0. The highest BCUT2D eigenvalue weighted by Gasteiger charge is -0.105. The number of rotatable bonds is 0. The molecule has 4 heavy (non-hydrogen) atoms. The maximum Gasteiger partial charge on any atom is -0.107 e. The van der Waals surface area contributed by atoms with Crippen LogP contribution in [0.25, 0.3) is 0 Å². The van der Waals surface area contributed by atoms with Crippen molar-refractivity contribution >= 4 is 88.9 Å². The van der Waals surface area contributed by atoms with E-state index in [1.165, 1.54) is 0 Å². The van der Waals surface area contributed by atoms with Gasteiger partial charge in [0.15, 0.2) is 0 Å². The average molecular weight is 465 g/mol. The molecule has 0 aliphatic heterocycles. The molecular weight excluding hydrogens is 461 g/mol. The molecule has 0 aliphatic carbocycles. The van der Waals surface area contributed by atoms with Crippen LogP contribution in [0.1, 0.15) is 0 Å². The smallest absolute Gasteiger partial charge is 0.107 e. The van der Waals surface area contributed by atoms with Crippen molar-refractivity contribution in [2.24, 2.45) is 0 Å². The van der Waals surface area contributed by atoms with Crippen LogP contribution < -0.4 is 0 Å². The fraction of sp³-hybridized carbons (Fsp3) is 0. The lowest BCUT2D eigenvalue weighted by atomic mass is 79.9. The fourth-order valence-electron chi connectivity index (χ4n) is 0. The van der Waals surface area contributed by atoms with Gasteiger partial charge in [0.25, 0.3) is 0 Å². The van der Waals surface area contributed by atoms with E-state index in [0.29, 0.717) is 0 Å². The third kappa shape index (κ3) is 8.82. The highest BCUT2D eigenvalue weighted by atomic mass is 127. The zero-order valence-corrected chi connectivity index (χ0v) is 10.3. The lowest BCUT2D eigenvalue weighted by Crippen LogP contribution is 0.846. The summed E-state index contributed by atoms with van der Waals surface area (Å²) in [5.74, 6) is 0. The normalized spacial score (nSPS) is 0. The second-order valence-electron chi connectivity index (χ2n) is 0. The van der Waals surface area contributed by atoms with E-state index in [1.54, 1.807) is 0 Å². The Labute approximate surface area is 87.3 Å². The Morgan fingerprint density at radius 2 is 0.500 bits per heavy atom. The van der Waals surface area contributed by atoms with Crippen LogP contribution >= 0.6 is 88.9 Å². The molecule has 0 aliphatic rings. The molecule has 32 valence electrons. The molecule has 0 bridgehead atoms. The second-order valence-corrected chi connectivity index (χ2v) is 0. The Kier molecular flexibility index (Phi) is 130. The summed E-state index contributed by atoms with van der Waals surface area (Å²) in [5.41, 5.74) is 0. The van der Waals surface area contributed by atoms with Gasteiger partial charge in [0, 0.05) is 0 Å². The first-order valence-electron chi connectivity index (χ1n) is 0. The van der Waals surface area contributed by atoms with Gasteiger partial charge in [0.2, 0.25) is 0 Å². The van der Waals surface area contributed by atoms with Gasteiger partial charge in [-0.15, -0.1) is 88.9 Å². The molecule has 0 aromatic carbocycles. The zero-order valence-electron chi connectivity index (χ0n) is 1.63. The standard InChI is InChI=1S/BrH.3HI/h4*1H. The maximum absolute atomic E-state index is 0. The van der Waals surface area contributed by atoms with E-state index in [0.717, 1.165) is 0 Å². The van der Waals surface area contributed by atoms with Crippen LogP contribution in [0.3, 0.4) is 0 Å². The molecule has 0 radical (unpaired) electrons. The van der Waals surface area contributed by atoms with Crippen LogP contribution in [0.2, 0.25) is 0 Å². The third-order valence-corrected chi connectivity index (χ3v) is 0. The fourth-order valence-corrected chi connectivity index (χ4v) is 0. The van der Waals surface area contributed by atoms with E-state index in [-0.39, 0.29) is 88.9 Å². The molecule has 0 N–H and O–H groups in total. The summed E-state index contributed by atoms with van der Waals surface area (Å²) in [6.45, 7) is 0. The van der Waals surface area contributed by atoms with Gasteiger partial charge in [-0.05, 0) is 0 Å². The van der Waals surface area contributed by atoms with Crippen molar-refractivity contribution in [3.8, 4) is 0 Å². The minimum atomic E-state index is 0. The van der Waals surface area contributed by atoms with Gasteiger partial charge in [-0.3, -0.25) is 0 Å². The van der Waals surface area contributed by atoms with Gasteiger partial charge in [-0.25, -0.2) is 0 Å². The predicted octanol–water partition coefficient (Wildman–Crippen LogP) is 2.43. The SMILES string of the molecule is Br.I.I.I. The van der Waals surface area contributed by atoms with Crippen LogP contribution in [0, 0.1) is 0 Å². The van der Waals surface area contributed by atoms with Crippen molar-refractivity contribution in [1.29, 1.82) is 0 Å². The number of hydrogen-bond donors (Lipinski definition) is 0. The van der Waals surface area contributed by atoms with Crippen molar-refractivity contribution in [1.82, 2.24) is 0 Å². The molecule has 0 atom stereocenters. The lowest BCUT2D eigenvalue weighted by molar-refractivity contribution is 8.93. The molecule has 0 aromatic rings. The molecule has 0 unspecified atom stereocenters. The molecule has 0 fully saturated rings. The Morgan fingerprint density at radius 3 is 0.500 bits per heavy atom. The van der Waals surface area contributed by atoms with Gasteiger partial charge in [-0.1, -0.05) is 0 Å². The van der Waals surface area contributed by atoms with E-state index in [2.05, 4.69) is 0 Å². The topological polar surface area (TPSA) is 0 Å². The van der Waals surface area contributed by atoms with E-state index in [9.17, 15) is 0 Å². The highest BCUT2D eigenvalue weighted by Crippen LogP contribution is 0.888. The Hall–Kier alpha value is 2.67. The Morgan fingerprint density at radius 1 is 0.500 bits per heavy atom. The van der Waals surface area contributed by atoms with E-state index >= 15 is 0 Å². The molecule has 0 rings (SSSR count). The van der Waals surface area contributed by atoms with E-state index < -0.39 is 0 Å². The summed E-state index contributed by atoms with van der Waals surface area (Å²) < 4.78 is 0. The molecule has 0 saturated carbocycles. The van der Waals surface area contributed by atoms with Gasteiger partial charge in [0.1, 0.15) is 0 Å². The van der Waals surface area contributed by atoms with Crippen LogP contribution in [0.5, 0.6) is 0 Å². The summed E-state index contributed by atoms with van der Waals surface area (Å²) in [5, 5.41) is 0. The third-order valence-electron chi connectivity index (χ3n) is 0. The Bertz CT molecular complexity index is 3.25. The van der Waals surface area contributed by atoms with Crippen LogP contribution in [-0.4, -0.2) is 0 Å². The molecule has 0 heterocycles. The Balaban J connectivity index is 0. The molecule has 0 saturated heterocycles. The van der Waals surface area contributed by atoms with Gasteiger partial charge in [-0.2, -0.15) is 0 Å². The van der Waals surface area contributed by atoms with Crippen molar-refractivity contribution in [2.75, 3.05) is 0 Å². The van der Waals surface area contributed by atoms with Crippen LogP contribution in [0.4, 0.5) is 0 Å². The predicted molar refractivity (Wildman–Crippen MR) is 56.6 cm³/mol. The summed E-state index contributed by atoms with van der Waals surface area (Å²) in [6.07, 6.45) is 0. The summed E-state index contributed by atoms with van der Waals surface area (Å²) in [4.78, 5) is 0. The first-order valence-corrected chi connectivity index (χ1v) is 0. The minimum Gasteiger partial charge on any atom is -0.114 e. The monoisotopic (exact) mass is 464 g/mol. The van der Waals surface area contributed by atoms with Gasteiger partial charge >= 0.3 is 0 Å². The first kappa shape index (κ1) is 30.1. The van der Waals surface area contributed by atoms with Crippen molar-refractivity contribution in [3.63, 3.8) is 0 Å². The average Bonchev–Trinajstić information content (AvgIpc) is 0. The van der Waals surface area contributed by atoms with E-state index in [1.807, 2.05) is 0 Å². The van der Waals surface area contributed by atoms with Gasteiger partial charge in [0.05, 0.1) is 0 Å². The van der Waals surface area contributed by atoms with Crippen molar-refractivity contribution in [3.05, 3.63) is 0 Å². The van der Waals surface area contributed by atoms with Crippen LogP contribution in [-0.2, 0) is 0 Å². The number of hydrogen-bond acceptors (Lipinski definition) is 0. The number of halogens is 4.